The second-order valence-corrected chi connectivity index (χ2v) is 8.15. The number of hydrogen-bond donors (Lipinski definition) is 1. The van der Waals surface area contributed by atoms with Gasteiger partial charge < -0.3 is 5.73 Å². The van der Waals surface area contributed by atoms with Crippen molar-refractivity contribution in [3.05, 3.63) is 21.7 Å². The molecule has 2 aromatic heterocycles. The van der Waals surface area contributed by atoms with Gasteiger partial charge >= 0.3 is 0 Å². The van der Waals surface area contributed by atoms with Crippen LogP contribution in [0.3, 0.4) is 0 Å². The van der Waals surface area contributed by atoms with Crippen molar-refractivity contribution in [1.29, 1.82) is 0 Å². The maximum atomic E-state index is 12.5. The highest BCUT2D eigenvalue weighted by molar-refractivity contribution is 7.20. The Bertz CT molecular complexity index is 848. The third-order valence-corrected chi connectivity index (χ3v) is 5.87. The molecular formula is C17H18N2O2S. The molecule has 0 spiro atoms. The smallest absolute Gasteiger partial charge is 0.173 e. The van der Waals surface area contributed by atoms with Gasteiger partial charge in [-0.2, -0.15) is 0 Å². The van der Waals surface area contributed by atoms with Gasteiger partial charge in [0.1, 0.15) is 4.83 Å². The van der Waals surface area contributed by atoms with Crippen molar-refractivity contribution >= 4 is 38.8 Å². The van der Waals surface area contributed by atoms with Crippen molar-refractivity contribution in [2.24, 2.45) is 5.41 Å². The molecule has 0 aliphatic heterocycles. The summed E-state index contributed by atoms with van der Waals surface area (Å²) in [7, 11) is 0. The average Bonchev–Trinajstić information content (AvgIpc) is 2.76. The quantitative estimate of drug-likeness (QED) is 0.807. The molecule has 0 saturated carbocycles. The zero-order valence-corrected chi connectivity index (χ0v) is 13.6. The lowest BCUT2D eigenvalue weighted by atomic mass is 9.75. The number of nitrogen functional groups attached to an aromatic ring is 1. The Kier molecular flexibility index (Phi) is 2.77. The zero-order valence-electron chi connectivity index (χ0n) is 12.8. The van der Waals surface area contributed by atoms with Crippen molar-refractivity contribution in [2.45, 2.75) is 46.0 Å². The van der Waals surface area contributed by atoms with Gasteiger partial charge in [-0.15, -0.1) is 11.3 Å². The number of fused-ring (bicyclic) bond motifs is 4. The summed E-state index contributed by atoms with van der Waals surface area (Å²) in [6.45, 7) is 4.16. The van der Waals surface area contributed by atoms with E-state index < -0.39 is 0 Å². The third-order valence-electron chi connectivity index (χ3n) is 4.70. The summed E-state index contributed by atoms with van der Waals surface area (Å²) in [5, 5.41) is 0.861. The maximum absolute atomic E-state index is 12.5. The molecule has 5 heteroatoms. The largest absolute Gasteiger partial charge is 0.398 e. The molecule has 0 fully saturated rings. The molecule has 2 aliphatic carbocycles. The van der Waals surface area contributed by atoms with Crippen LogP contribution in [0.15, 0.2) is 0 Å². The fraction of sp³-hybridized carbons (Fsp3) is 0.471. The number of anilines is 1. The standard InChI is InChI=1S/C17H18N2O2S/c1-17(2)6-9-13(11(21)7-17)14(18)12-8-4-3-5-10(20)15(8)22-16(12)19-9/h3-7H2,1-2H3,(H2,18,19). The van der Waals surface area contributed by atoms with Gasteiger partial charge in [-0.05, 0) is 30.2 Å². The van der Waals surface area contributed by atoms with E-state index in [1.807, 2.05) is 0 Å². The molecule has 0 radical (unpaired) electrons. The summed E-state index contributed by atoms with van der Waals surface area (Å²) in [5.41, 5.74) is 9.26. The fourth-order valence-electron chi connectivity index (χ4n) is 3.75. The minimum atomic E-state index is -0.0795. The molecule has 0 atom stereocenters. The summed E-state index contributed by atoms with van der Waals surface area (Å²) >= 11 is 1.44. The number of ketones is 2. The van der Waals surface area contributed by atoms with E-state index in [-0.39, 0.29) is 17.0 Å². The van der Waals surface area contributed by atoms with Gasteiger partial charge in [0.15, 0.2) is 11.6 Å². The summed E-state index contributed by atoms with van der Waals surface area (Å²) in [6, 6.07) is 0. The lowest BCUT2D eigenvalue weighted by molar-refractivity contribution is 0.0910. The molecule has 114 valence electrons. The molecule has 4 rings (SSSR count). The Hall–Kier alpha value is -1.75. The molecule has 0 amide bonds. The molecule has 2 aromatic rings. The first-order chi connectivity index (χ1) is 10.4. The van der Waals surface area contributed by atoms with E-state index >= 15 is 0 Å². The normalized spacial score (nSPS) is 20.1. The molecule has 0 bridgehead atoms. The number of hydrogen-bond acceptors (Lipinski definition) is 5. The number of aryl methyl sites for hydroxylation is 1. The van der Waals surface area contributed by atoms with Crippen molar-refractivity contribution in [3.8, 4) is 0 Å². The number of nitrogens with two attached hydrogens (primary N) is 1. The van der Waals surface area contributed by atoms with Crippen molar-refractivity contribution in [2.75, 3.05) is 5.73 Å². The predicted octanol–water partition coefficient (Wildman–Crippen LogP) is 3.55. The lowest BCUT2D eigenvalue weighted by Gasteiger charge is -2.30. The van der Waals surface area contributed by atoms with Crippen LogP contribution in [-0.4, -0.2) is 16.6 Å². The number of carbonyl (C=O) groups excluding carboxylic acids is 2. The van der Waals surface area contributed by atoms with Gasteiger partial charge in [0.2, 0.25) is 0 Å². The Morgan fingerprint density at radius 3 is 2.68 bits per heavy atom. The third kappa shape index (κ3) is 1.85. The Labute approximate surface area is 132 Å². The van der Waals surface area contributed by atoms with Gasteiger partial charge in [-0.3, -0.25) is 9.59 Å². The number of thiophene rings is 1. The monoisotopic (exact) mass is 314 g/mol. The SMILES string of the molecule is CC1(C)CC(=O)c2c(nc3sc4c(c3c2N)CCCC4=O)C1. The predicted molar refractivity (Wildman–Crippen MR) is 87.7 cm³/mol. The van der Waals surface area contributed by atoms with E-state index in [0.29, 0.717) is 24.1 Å². The first-order valence-corrected chi connectivity index (χ1v) is 8.49. The molecule has 0 unspecified atom stereocenters. The number of carbonyl (C=O) groups is 2. The van der Waals surface area contributed by atoms with Crippen LogP contribution in [0.5, 0.6) is 0 Å². The number of pyridine rings is 1. The Balaban J connectivity index is 2.04. The van der Waals surface area contributed by atoms with Gasteiger partial charge in [-0.25, -0.2) is 4.98 Å². The fourth-order valence-corrected chi connectivity index (χ4v) is 4.98. The summed E-state index contributed by atoms with van der Waals surface area (Å²) in [5.74, 6) is 0.272. The van der Waals surface area contributed by atoms with Crippen LogP contribution in [0.1, 0.15) is 64.4 Å². The van der Waals surface area contributed by atoms with Crippen molar-refractivity contribution < 1.29 is 9.59 Å². The Morgan fingerprint density at radius 1 is 1.14 bits per heavy atom. The molecule has 2 heterocycles. The highest BCUT2D eigenvalue weighted by Gasteiger charge is 2.35. The maximum Gasteiger partial charge on any atom is 0.173 e. The van der Waals surface area contributed by atoms with Crippen LogP contribution in [-0.2, 0) is 12.8 Å². The molecular weight excluding hydrogens is 296 g/mol. The minimum absolute atomic E-state index is 0.0795. The topological polar surface area (TPSA) is 73.1 Å². The van der Waals surface area contributed by atoms with E-state index in [1.54, 1.807) is 0 Å². The average molecular weight is 314 g/mol. The highest BCUT2D eigenvalue weighted by atomic mass is 32.1. The summed E-state index contributed by atoms with van der Waals surface area (Å²) < 4.78 is 0. The van der Waals surface area contributed by atoms with Crippen LogP contribution < -0.4 is 5.73 Å². The van der Waals surface area contributed by atoms with E-state index in [1.165, 1.54) is 11.3 Å². The van der Waals surface area contributed by atoms with Crippen LogP contribution in [0, 0.1) is 5.41 Å². The highest BCUT2D eigenvalue weighted by Crippen LogP contribution is 2.44. The number of aromatic nitrogens is 1. The number of nitrogens with zero attached hydrogens (tertiary/aromatic N) is 1. The Morgan fingerprint density at radius 2 is 1.91 bits per heavy atom. The van der Waals surface area contributed by atoms with Crippen LogP contribution in [0.2, 0.25) is 0 Å². The summed E-state index contributed by atoms with van der Waals surface area (Å²) in [6.07, 6.45) is 3.57. The number of Topliss-reactive ketones (excluding diaryl/α,β-unsaturated/α-hetero) is 2. The second-order valence-electron chi connectivity index (χ2n) is 7.15. The van der Waals surface area contributed by atoms with Crippen LogP contribution >= 0.6 is 11.3 Å². The van der Waals surface area contributed by atoms with Crippen molar-refractivity contribution in [1.82, 2.24) is 4.98 Å². The van der Waals surface area contributed by atoms with Gasteiger partial charge in [-0.1, -0.05) is 13.8 Å². The van der Waals surface area contributed by atoms with Crippen molar-refractivity contribution in [3.63, 3.8) is 0 Å². The van der Waals surface area contributed by atoms with E-state index in [2.05, 4.69) is 13.8 Å². The summed E-state index contributed by atoms with van der Waals surface area (Å²) in [4.78, 5) is 31.0. The van der Waals surface area contributed by atoms with Gasteiger partial charge in [0.05, 0.1) is 21.8 Å². The van der Waals surface area contributed by atoms with E-state index in [9.17, 15) is 9.59 Å². The van der Waals surface area contributed by atoms with Gasteiger partial charge in [0.25, 0.3) is 0 Å². The molecule has 4 nitrogen and oxygen atoms in total. The second kappa shape index (κ2) is 4.38. The molecule has 2 N–H and O–H groups in total. The van der Waals surface area contributed by atoms with Crippen LogP contribution in [0.25, 0.3) is 10.2 Å². The molecule has 0 saturated heterocycles. The zero-order chi connectivity index (χ0) is 15.6. The molecule has 0 aromatic carbocycles. The lowest BCUT2D eigenvalue weighted by Crippen LogP contribution is -2.28. The molecule has 22 heavy (non-hydrogen) atoms. The van der Waals surface area contributed by atoms with Crippen LogP contribution in [0.4, 0.5) is 5.69 Å². The van der Waals surface area contributed by atoms with E-state index in [0.717, 1.165) is 45.6 Å². The minimum Gasteiger partial charge on any atom is -0.398 e. The van der Waals surface area contributed by atoms with Gasteiger partial charge in [0, 0.05) is 18.2 Å². The molecule has 2 aliphatic rings. The first kappa shape index (κ1) is 13.9. The first-order valence-electron chi connectivity index (χ1n) is 7.67. The number of rotatable bonds is 0. The van der Waals surface area contributed by atoms with E-state index in [4.69, 9.17) is 10.7 Å².